The van der Waals surface area contributed by atoms with Crippen molar-refractivity contribution in [2.45, 2.75) is 32.4 Å². The van der Waals surface area contributed by atoms with Crippen LogP contribution in [0.25, 0.3) is 0 Å². The second-order valence-electron chi connectivity index (χ2n) is 5.42. The lowest BCUT2D eigenvalue weighted by Gasteiger charge is -2.22. The Morgan fingerprint density at radius 3 is 2.38 bits per heavy atom. The maximum atomic E-state index is 12.6. The van der Waals surface area contributed by atoms with Gasteiger partial charge in [-0.25, -0.2) is 0 Å². The van der Waals surface area contributed by atoms with Crippen LogP contribution in [0.1, 0.15) is 31.9 Å². The zero-order chi connectivity index (χ0) is 17.5. The molecule has 0 saturated carbocycles. The lowest BCUT2D eigenvalue weighted by molar-refractivity contribution is -0.128. The van der Waals surface area contributed by atoms with Gasteiger partial charge in [-0.3, -0.25) is 4.79 Å². The van der Waals surface area contributed by atoms with Gasteiger partial charge in [-0.15, -0.1) is 0 Å². The number of methoxy groups -OCH3 is 1. The molecule has 0 aliphatic carbocycles. The Morgan fingerprint density at radius 1 is 1.12 bits per heavy atom. The van der Waals surface area contributed by atoms with Gasteiger partial charge in [0.25, 0.3) is 5.91 Å². The molecule has 0 unspecified atom stereocenters. The van der Waals surface area contributed by atoms with Gasteiger partial charge >= 0.3 is 0 Å². The standard InChI is InChI=1S/C19H22ClNO3/c1-4-16(24-18-12-8-6-10-15(18)20)19(22)21-13(2)14-9-5-7-11-17(14)23-3/h5-13,16H,4H2,1-3H3,(H,21,22)/t13-,16-/m0/s1. The highest BCUT2D eigenvalue weighted by Gasteiger charge is 2.22. The highest BCUT2D eigenvalue weighted by Crippen LogP contribution is 2.26. The third-order valence-electron chi connectivity index (χ3n) is 3.73. The largest absolute Gasteiger partial charge is 0.496 e. The van der Waals surface area contributed by atoms with Crippen LogP contribution in [0, 0.1) is 0 Å². The molecule has 2 aromatic carbocycles. The fourth-order valence-electron chi connectivity index (χ4n) is 2.42. The molecule has 1 N–H and O–H groups in total. The van der Waals surface area contributed by atoms with Crippen molar-refractivity contribution in [1.82, 2.24) is 5.32 Å². The van der Waals surface area contributed by atoms with E-state index >= 15 is 0 Å². The Hall–Kier alpha value is -2.20. The second kappa shape index (κ2) is 8.60. The van der Waals surface area contributed by atoms with E-state index < -0.39 is 6.10 Å². The van der Waals surface area contributed by atoms with E-state index in [1.54, 1.807) is 19.2 Å². The first kappa shape index (κ1) is 18.1. The van der Waals surface area contributed by atoms with E-state index in [-0.39, 0.29) is 11.9 Å². The minimum Gasteiger partial charge on any atom is -0.496 e. The third kappa shape index (κ3) is 4.42. The van der Waals surface area contributed by atoms with Crippen molar-refractivity contribution in [3.8, 4) is 11.5 Å². The molecule has 2 aromatic rings. The molecule has 0 aliphatic heterocycles. The average Bonchev–Trinajstić information content (AvgIpc) is 2.60. The molecule has 0 radical (unpaired) electrons. The van der Waals surface area contributed by atoms with Crippen molar-refractivity contribution in [1.29, 1.82) is 0 Å². The van der Waals surface area contributed by atoms with E-state index in [1.165, 1.54) is 0 Å². The number of nitrogens with one attached hydrogen (secondary N) is 1. The van der Waals surface area contributed by atoms with Crippen molar-refractivity contribution in [3.05, 3.63) is 59.1 Å². The number of hydrogen-bond acceptors (Lipinski definition) is 3. The SMILES string of the molecule is CC[C@H](Oc1ccccc1Cl)C(=O)N[C@@H](C)c1ccccc1OC. The van der Waals surface area contributed by atoms with Crippen LogP contribution in [0.3, 0.4) is 0 Å². The van der Waals surface area contributed by atoms with E-state index in [1.807, 2.05) is 50.2 Å². The first-order chi connectivity index (χ1) is 11.6. The smallest absolute Gasteiger partial charge is 0.261 e. The minimum atomic E-state index is -0.609. The number of carbonyl (C=O) groups excluding carboxylic acids is 1. The molecule has 5 heteroatoms. The number of halogens is 1. The molecule has 128 valence electrons. The van der Waals surface area contributed by atoms with E-state index in [2.05, 4.69) is 5.32 Å². The molecule has 4 nitrogen and oxygen atoms in total. The summed E-state index contributed by atoms with van der Waals surface area (Å²) >= 11 is 6.10. The van der Waals surface area contributed by atoms with Crippen LogP contribution in [-0.2, 0) is 4.79 Å². The maximum Gasteiger partial charge on any atom is 0.261 e. The highest BCUT2D eigenvalue weighted by molar-refractivity contribution is 6.32. The molecular formula is C19H22ClNO3. The summed E-state index contributed by atoms with van der Waals surface area (Å²) in [4.78, 5) is 12.6. The highest BCUT2D eigenvalue weighted by atomic mass is 35.5. The molecule has 2 rings (SSSR count). The van der Waals surface area contributed by atoms with Gasteiger partial charge in [-0.2, -0.15) is 0 Å². The summed E-state index contributed by atoms with van der Waals surface area (Å²) in [6.07, 6.45) is -0.0718. The Balaban J connectivity index is 2.07. The van der Waals surface area contributed by atoms with E-state index in [0.29, 0.717) is 17.2 Å². The van der Waals surface area contributed by atoms with Gasteiger partial charge in [0.15, 0.2) is 6.10 Å². The molecule has 0 fully saturated rings. The second-order valence-corrected chi connectivity index (χ2v) is 5.82. The van der Waals surface area contributed by atoms with Crippen LogP contribution in [-0.4, -0.2) is 19.1 Å². The van der Waals surface area contributed by atoms with Gasteiger partial charge in [0.2, 0.25) is 0 Å². The number of rotatable bonds is 7. The van der Waals surface area contributed by atoms with Crippen LogP contribution < -0.4 is 14.8 Å². The van der Waals surface area contributed by atoms with Gasteiger partial charge in [0, 0.05) is 5.56 Å². The number of para-hydroxylation sites is 2. The molecule has 0 bridgehead atoms. The normalized spacial score (nSPS) is 13.0. The molecule has 24 heavy (non-hydrogen) atoms. The van der Waals surface area contributed by atoms with Crippen LogP contribution in [0.2, 0.25) is 5.02 Å². The summed E-state index contributed by atoms with van der Waals surface area (Å²) in [6.45, 7) is 3.81. The fraction of sp³-hybridized carbons (Fsp3) is 0.316. The van der Waals surface area contributed by atoms with E-state index in [9.17, 15) is 4.79 Å². The third-order valence-corrected chi connectivity index (χ3v) is 4.05. The molecule has 2 atom stereocenters. The molecule has 0 spiro atoms. The van der Waals surface area contributed by atoms with Crippen LogP contribution in [0.5, 0.6) is 11.5 Å². The zero-order valence-electron chi connectivity index (χ0n) is 14.1. The Morgan fingerprint density at radius 2 is 1.75 bits per heavy atom. The Labute approximate surface area is 147 Å². The lowest BCUT2D eigenvalue weighted by atomic mass is 10.1. The van der Waals surface area contributed by atoms with Crippen molar-refractivity contribution >= 4 is 17.5 Å². The monoisotopic (exact) mass is 347 g/mol. The molecule has 0 saturated heterocycles. The average molecular weight is 348 g/mol. The topological polar surface area (TPSA) is 47.6 Å². The summed E-state index contributed by atoms with van der Waals surface area (Å²) in [5.74, 6) is 1.06. The van der Waals surface area contributed by atoms with Crippen LogP contribution >= 0.6 is 11.6 Å². The molecule has 0 aromatic heterocycles. The first-order valence-corrected chi connectivity index (χ1v) is 8.29. The van der Waals surface area contributed by atoms with Gasteiger partial charge < -0.3 is 14.8 Å². The fourth-order valence-corrected chi connectivity index (χ4v) is 2.60. The molecule has 0 heterocycles. The van der Waals surface area contributed by atoms with Gasteiger partial charge in [0.1, 0.15) is 11.5 Å². The molecule has 1 amide bonds. The van der Waals surface area contributed by atoms with Gasteiger partial charge in [-0.05, 0) is 31.5 Å². The molecule has 0 aliphatic rings. The van der Waals surface area contributed by atoms with Crippen LogP contribution in [0.15, 0.2) is 48.5 Å². The number of ether oxygens (including phenoxy) is 2. The van der Waals surface area contributed by atoms with Crippen LogP contribution in [0.4, 0.5) is 0 Å². The van der Waals surface area contributed by atoms with Gasteiger partial charge in [0.05, 0.1) is 18.2 Å². The number of carbonyl (C=O) groups is 1. The van der Waals surface area contributed by atoms with Crippen molar-refractivity contribution in [2.75, 3.05) is 7.11 Å². The minimum absolute atomic E-state index is 0.184. The maximum absolute atomic E-state index is 12.6. The summed E-state index contributed by atoms with van der Waals surface area (Å²) < 4.78 is 11.1. The Kier molecular flexibility index (Phi) is 6.50. The van der Waals surface area contributed by atoms with E-state index in [0.717, 1.165) is 11.3 Å². The number of amides is 1. The number of hydrogen-bond donors (Lipinski definition) is 1. The van der Waals surface area contributed by atoms with Crippen molar-refractivity contribution in [3.63, 3.8) is 0 Å². The zero-order valence-corrected chi connectivity index (χ0v) is 14.8. The van der Waals surface area contributed by atoms with Crippen molar-refractivity contribution < 1.29 is 14.3 Å². The van der Waals surface area contributed by atoms with Gasteiger partial charge in [-0.1, -0.05) is 48.9 Å². The lowest BCUT2D eigenvalue weighted by Crippen LogP contribution is -2.39. The predicted molar refractivity (Wildman–Crippen MR) is 95.7 cm³/mol. The van der Waals surface area contributed by atoms with E-state index in [4.69, 9.17) is 21.1 Å². The molecular weight excluding hydrogens is 326 g/mol. The Bertz CT molecular complexity index is 690. The summed E-state index contributed by atoms with van der Waals surface area (Å²) in [6, 6.07) is 14.5. The quantitative estimate of drug-likeness (QED) is 0.808. The summed E-state index contributed by atoms with van der Waals surface area (Å²) in [7, 11) is 1.61. The predicted octanol–water partition coefficient (Wildman–Crippen LogP) is 4.38. The van der Waals surface area contributed by atoms with Crippen molar-refractivity contribution in [2.24, 2.45) is 0 Å². The summed E-state index contributed by atoms with van der Waals surface area (Å²) in [5.41, 5.74) is 0.918. The number of benzene rings is 2. The first-order valence-electron chi connectivity index (χ1n) is 7.91. The summed E-state index contributed by atoms with van der Waals surface area (Å²) in [5, 5.41) is 3.46.